The number of ether oxygens (including phenoxy) is 2. The second-order valence-corrected chi connectivity index (χ2v) is 7.29. The minimum absolute atomic E-state index is 0.202. The number of carbonyl (C=O) groups is 1. The summed E-state index contributed by atoms with van der Waals surface area (Å²) < 4.78 is 11.7. The van der Waals surface area contributed by atoms with E-state index in [1.807, 2.05) is 42.5 Å². The highest BCUT2D eigenvalue weighted by Gasteiger charge is 2.23. The molecule has 4 aromatic rings. The first kappa shape index (κ1) is 18.9. The molecule has 0 spiro atoms. The Morgan fingerprint density at radius 3 is 2.38 bits per heavy atom. The molecule has 2 heterocycles. The van der Waals surface area contributed by atoms with Gasteiger partial charge in [0.25, 0.3) is 5.91 Å². The van der Waals surface area contributed by atoms with E-state index in [4.69, 9.17) is 9.47 Å². The lowest BCUT2D eigenvalue weighted by Gasteiger charge is -2.20. The molecule has 1 amide bonds. The molecular formula is C22H19N3O3S. The van der Waals surface area contributed by atoms with Gasteiger partial charge in [0.05, 0.1) is 36.7 Å². The zero-order valence-corrected chi connectivity index (χ0v) is 16.8. The first-order valence-corrected chi connectivity index (χ1v) is 9.80. The van der Waals surface area contributed by atoms with Gasteiger partial charge in [-0.05, 0) is 36.4 Å². The molecule has 0 bridgehead atoms. The Morgan fingerprint density at radius 1 is 1.00 bits per heavy atom. The van der Waals surface area contributed by atoms with Crippen molar-refractivity contribution >= 4 is 32.6 Å². The molecule has 2 aromatic heterocycles. The molecule has 0 aliphatic heterocycles. The smallest absolute Gasteiger partial charge is 0.260 e. The van der Waals surface area contributed by atoms with E-state index in [1.54, 1.807) is 43.5 Å². The third-order valence-corrected chi connectivity index (χ3v) is 5.46. The molecule has 29 heavy (non-hydrogen) atoms. The van der Waals surface area contributed by atoms with Crippen molar-refractivity contribution in [1.29, 1.82) is 0 Å². The van der Waals surface area contributed by atoms with E-state index in [0.717, 1.165) is 15.9 Å². The number of hydrogen-bond acceptors (Lipinski definition) is 6. The summed E-state index contributed by atoms with van der Waals surface area (Å²) in [4.78, 5) is 24.2. The van der Waals surface area contributed by atoms with Crippen molar-refractivity contribution in [1.82, 2.24) is 9.97 Å². The van der Waals surface area contributed by atoms with Gasteiger partial charge in [-0.2, -0.15) is 0 Å². The molecule has 2 aromatic carbocycles. The van der Waals surface area contributed by atoms with Crippen molar-refractivity contribution in [2.45, 2.75) is 6.54 Å². The summed E-state index contributed by atoms with van der Waals surface area (Å²) >= 11 is 1.47. The standard InChI is InChI=1S/C22H19N3O3S/c1-27-17-11-15(12-18(13-17)28-2)21(26)25(14-16-7-5-6-10-23-16)22-24-19-8-3-4-9-20(19)29-22/h3-13H,14H2,1-2H3. The minimum atomic E-state index is -0.202. The average Bonchev–Trinajstić information content (AvgIpc) is 3.21. The zero-order chi connectivity index (χ0) is 20.2. The van der Waals surface area contributed by atoms with Gasteiger partial charge >= 0.3 is 0 Å². The molecule has 146 valence electrons. The van der Waals surface area contributed by atoms with Crippen LogP contribution in [0.2, 0.25) is 0 Å². The molecule has 0 N–H and O–H groups in total. The Hall–Kier alpha value is -3.45. The van der Waals surface area contributed by atoms with Gasteiger partial charge < -0.3 is 9.47 Å². The quantitative estimate of drug-likeness (QED) is 0.471. The van der Waals surface area contributed by atoms with Gasteiger partial charge in [-0.25, -0.2) is 4.98 Å². The van der Waals surface area contributed by atoms with Crippen LogP contribution in [-0.4, -0.2) is 30.1 Å². The van der Waals surface area contributed by atoms with E-state index in [-0.39, 0.29) is 5.91 Å². The van der Waals surface area contributed by atoms with Gasteiger partial charge in [-0.1, -0.05) is 29.5 Å². The molecule has 0 aliphatic carbocycles. The molecule has 7 heteroatoms. The molecular weight excluding hydrogens is 386 g/mol. The highest BCUT2D eigenvalue weighted by Crippen LogP contribution is 2.32. The number of pyridine rings is 1. The largest absolute Gasteiger partial charge is 0.497 e. The fraction of sp³-hybridized carbons (Fsp3) is 0.136. The van der Waals surface area contributed by atoms with Gasteiger partial charge in [0.1, 0.15) is 11.5 Å². The number of thiazole rings is 1. The summed E-state index contributed by atoms with van der Waals surface area (Å²) in [5.74, 6) is 0.900. The van der Waals surface area contributed by atoms with Crippen molar-refractivity contribution in [2.24, 2.45) is 0 Å². The third-order valence-electron chi connectivity index (χ3n) is 4.40. The van der Waals surface area contributed by atoms with Crippen molar-refractivity contribution in [3.8, 4) is 11.5 Å². The SMILES string of the molecule is COc1cc(OC)cc(C(=O)N(Cc2ccccn2)c2nc3ccccc3s2)c1. The van der Waals surface area contributed by atoms with E-state index < -0.39 is 0 Å². The van der Waals surface area contributed by atoms with Crippen molar-refractivity contribution in [3.05, 3.63) is 78.1 Å². The molecule has 0 atom stereocenters. The number of carbonyl (C=O) groups excluding carboxylic acids is 1. The summed E-state index contributed by atoms with van der Waals surface area (Å²) in [6.07, 6.45) is 1.71. The number of anilines is 1. The number of nitrogens with zero attached hydrogens (tertiary/aromatic N) is 3. The van der Waals surface area contributed by atoms with Crippen LogP contribution in [0.25, 0.3) is 10.2 Å². The van der Waals surface area contributed by atoms with Crippen LogP contribution in [0.3, 0.4) is 0 Å². The van der Waals surface area contributed by atoms with Gasteiger partial charge in [-0.15, -0.1) is 0 Å². The molecule has 0 fully saturated rings. The number of hydrogen-bond donors (Lipinski definition) is 0. The summed E-state index contributed by atoms with van der Waals surface area (Å²) in [6, 6.07) is 18.6. The first-order valence-electron chi connectivity index (χ1n) is 8.98. The Bertz CT molecular complexity index is 1090. The minimum Gasteiger partial charge on any atom is -0.497 e. The lowest BCUT2D eigenvalue weighted by atomic mass is 10.1. The van der Waals surface area contributed by atoms with Crippen LogP contribution >= 0.6 is 11.3 Å². The van der Waals surface area contributed by atoms with Crippen molar-refractivity contribution in [3.63, 3.8) is 0 Å². The lowest BCUT2D eigenvalue weighted by molar-refractivity contribution is 0.0984. The number of rotatable bonds is 6. The molecule has 4 rings (SSSR count). The highest BCUT2D eigenvalue weighted by molar-refractivity contribution is 7.22. The van der Waals surface area contributed by atoms with Crippen LogP contribution in [0, 0.1) is 0 Å². The zero-order valence-electron chi connectivity index (χ0n) is 16.0. The van der Waals surface area contributed by atoms with Gasteiger partial charge in [0.15, 0.2) is 5.13 Å². The van der Waals surface area contributed by atoms with Crippen LogP contribution in [0.1, 0.15) is 16.1 Å². The second kappa shape index (κ2) is 8.28. The first-order chi connectivity index (χ1) is 14.2. The molecule has 6 nitrogen and oxygen atoms in total. The molecule has 0 saturated heterocycles. The number of methoxy groups -OCH3 is 2. The Morgan fingerprint density at radius 2 is 1.72 bits per heavy atom. The predicted octanol–water partition coefficient (Wildman–Crippen LogP) is 4.56. The van der Waals surface area contributed by atoms with E-state index in [1.165, 1.54) is 11.3 Å². The van der Waals surface area contributed by atoms with E-state index in [0.29, 0.717) is 28.7 Å². The maximum absolute atomic E-state index is 13.5. The molecule has 0 aliphatic rings. The summed E-state index contributed by atoms with van der Waals surface area (Å²) in [6.45, 7) is 0.305. The van der Waals surface area contributed by atoms with E-state index in [2.05, 4.69) is 9.97 Å². The highest BCUT2D eigenvalue weighted by atomic mass is 32.1. The van der Waals surface area contributed by atoms with E-state index in [9.17, 15) is 4.79 Å². The van der Waals surface area contributed by atoms with Gasteiger partial charge in [0.2, 0.25) is 0 Å². The number of fused-ring (bicyclic) bond motifs is 1. The second-order valence-electron chi connectivity index (χ2n) is 6.28. The van der Waals surface area contributed by atoms with Gasteiger partial charge in [0, 0.05) is 17.8 Å². The number of para-hydroxylation sites is 1. The van der Waals surface area contributed by atoms with Crippen LogP contribution in [-0.2, 0) is 6.54 Å². The normalized spacial score (nSPS) is 10.7. The lowest BCUT2D eigenvalue weighted by Crippen LogP contribution is -2.30. The van der Waals surface area contributed by atoms with Crippen LogP contribution in [0.4, 0.5) is 5.13 Å². The maximum Gasteiger partial charge on any atom is 0.260 e. The number of aromatic nitrogens is 2. The number of amides is 1. The van der Waals surface area contributed by atoms with E-state index >= 15 is 0 Å². The third kappa shape index (κ3) is 4.05. The predicted molar refractivity (Wildman–Crippen MR) is 114 cm³/mol. The summed E-state index contributed by atoms with van der Waals surface area (Å²) in [5, 5.41) is 0.614. The molecule has 0 unspecified atom stereocenters. The van der Waals surface area contributed by atoms with Crippen LogP contribution in [0.15, 0.2) is 66.9 Å². The van der Waals surface area contributed by atoms with Crippen LogP contribution < -0.4 is 14.4 Å². The average molecular weight is 405 g/mol. The fourth-order valence-corrected chi connectivity index (χ4v) is 3.91. The molecule has 0 saturated carbocycles. The van der Waals surface area contributed by atoms with Crippen molar-refractivity contribution < 1.29 is 14.3 Å². The topological polar surface area (TPSA) is 64.6 Å². The van der Waals surface area contributed by atoms with Crippen molar-refractivity contribution in [2.75, 3.05) is 19.1 Å². The monoisotopic (exact) mass is 405 g/mol. The fourth-order valence-electron chi connectivity index (χ4n) is 2.94. The number of benzene rings is 2. The maximum atomic E-state index is 13.5. The van der Waals surface area contributed by atoms with Crippen LogP contribution in [0.5, 0.6) is 11.5 Å². The van der Waals surface area contributed by atoms with Gasteiger partial charge in [-0.3, -0.25) is 14.7 Å². The summed E-state index contributed by atoms with van der Waals surface area (Å²) in [7, 11) is 3.12. The Kier molecular flexibility index (Phi) is 5.39. The molecule has 0 radical (unpaired) electrons. The Labute approximate surface area is 172 Å². The Balaban J connectivity index is 1.78. The summed E-state index contributed by atoms with van der Waals surface area (Å²) in [5.41, 5.74) is 2.08.